The lowest BCUT2D eigenvalue weighted by Crippen LogP contribution is -2.73. The molecule has 2 N–H and O–H groups in total. The molecule has 0 heterocycles. The Balaban J connectivity index is 6.50. The minimum atomic E-state index is -8.19. The second-order valence-electron chi connectivity index (χ2n) is 4.76. The normalized spacial score (nSPS) is 16.6. The third kappa shape index (κ3) is 2.90. The summed E-state index contributed by atoms with van der Waals surface area (Å²) in [5.74, 6) is -52.6. The zero-order valence-electron chi connectivity index (χ0n) is 11.3. The number of alkyl halides is 14. The first kappa shape index (κ1) is 23.9. The molecule has 0 unspecified atom stereocenters. The minimum Gasteiger partial charge on any atom is -0.363 e. The Morgan fingerprint density at radius 1 is 0.480 bits per heavy atom. The summed E-state index contributed by atoms with van der Waals surface area (Å²) in [4.78, 5) is 0. The van der Waals surface area contributed by atoms with Crippen LogP contribution in [0.2, 0.25) is 0 Å². The zero-order chi connectivity index (χ0) is 21.1. The molecular formula is C9H6F14O2. The van der Waals surface area contributed by atoms with Gasteiger partial charge in [0.25, 0.3) is 0 Å². The molecule has 0 radical (unpaired) electrons. The number of hydrogen-bond acceptors (Lipinski definition) is 2. The highest BCUT2D eigenvalue weighted by atomic mass is 19.4. The van der Waals surface area contributed by atoms with Gasteiger partial charge in [0.2, 0.25) is 6.29 Å². The van der Waals surface area contributed by atoms with Crippen molar-refractivity contribution in [1.29, 1.82) is 0 Å². The quantitative estimate of drug-likeness (QED) is 0.494. The van der Waals surface area contributed by atoms with Crippen LogP contribution in [-0.2, 0) is 0 Å². The van der Waals surface area contributed by atoms with E-state index in [1.807, 2.05) is 0 Å². The topological polar surface area (TPSA) is 40.5 Å². The maximum atomic E-state index is 13.0. The van der Waals surface area contributed by atoms with E-state index in [0.29, 0.717) is 0 Å². The zero-order valence-corrected chi connectivity index (χ0v) is 11.3. The molecule has 0 atom stereocenters. The lowest BCUT2D eigenvalue weighted by atomic mass is 9.89. The second kappa shape index (κ2) is 5.72. The van der Waals surface area contributed by atoms with Gasteiger partial charge in [-0.15, -0.1) is 0 Å². The Kier molecular flexibility index (Phi) is 5.48. The van der Waals surface area contributed by atoms with Gasteiger partial charge >= 0.3 is 41.5 Å². The first-order valence-electron chi connectivity index (χ1n) is 5.45. The van der Waals surface area contributed by atoms with Gasteiger partial charge in [-0.2, -0.15) is 61.5 Å². The summed E-state index contributed by atoms with van der Waals surface area (Å²) in [5, 5.41) is 15.7. The van der Waals surface area contributed by atoms with Crippen LogP contribution in [0.3, 0.4) is 0 Å². The average Bonchev–Trinajstić information content (AvgIpc) is 2.35. The first-order chi connectivity index (χ1) is 10.4. The van der Waals surface area contributed by atoms with Crippen molar-refractivity contribution in [1.82, 2.24) is 0 Å². The van der Waals surface area contributed by atoms with Gasteiger partial charge in [-0.3, -0.25) is 0 Å². The van der Waals surface area contributed by atoms with Crippen molar-refractivity contribution >= 4 is 0 Å². The van der Waals surface area contributed by atoms with E-state index in [9.17, 15) is 61.5 Å². The van der Waals surface area contributed by atoms with Crippen molar-refractivity contribution in [2.45, 2.75) is 54.7 Å². The number of aliphatic hydroxyl groups is 2. The molecule has 0 saturated carbocycles. The van der Waals surface area contributed by atoms with Gasteiger partial charge in [-0.1, -0.05) is 0 Å². The Bertz CT molecular complexity index is 491. The highest BCUT2D eigenvalue weighted by Crippen LogP contribution is 2.62. The largest absolute Gasteiger partial charge is 0.384 e. The van der Waals surface area contributed by atoms with Crippen LogP contribution in [0.15, 0.2) is 0 Å². The van der Waals surface area contributed by atoms with E-state index in [1.54, 1.807) is 0 Å². The third-order valence-electron chi connectivity index (χ3n) is 2.87. The molecule has 0 aromatic carbocycles. The van der Waals surface area contributed by atoms with Crippen LogP contribution in [0.5, 0.6) is 0 Å². The molecule has 152 valence electrons. The average molecular weight is 412 g/mol. The molecule has 0 bridgehead atoms. The number of halogens is 14. The van der Waals surface area contributed by atoms with Crippen LogP contribution < -0.4 is 0 Å². The third-order valence-corrected chi connectivity index (χ3v) is 2.87. The molecule has 0 aliphatic carbocycles. The Morgan fingerprint density at radius 2 is 0.720 bits per heavy atom. The summed E-state index contributed by atoms with van der Waals surface area (Å²) < 4.78 is 179. The van der Waals surface area contributed by atoms with Crippen LogP contribution in [0, 0.1) is 0 Å². The van der Waals surface area contributed by atoms with E-state index < -0.39 is 54.7 Å². The van der Waals surface area contributed by atoms with Crippen molar-refractivity contribution < 1.29 is 71.7 Å². The molecule has 0 aliphatic rings. The van der Waals surface area contributed by atoms with Gasteiger partial charge in [0, 0.05) is 6.92 Å². The molecule has 0 aliphatic heterocycles. The van der Waals surface area contributed by atoms with Crippen molar-refractivity contribution in [3.05, 3.63) is 0 Å². The van der Waals surface area contributed by atoms with Gasteiger partial charge in [0.05, 0.1) is 0 Å². The molecule has 0 spiro atoms. The first-order valence-corrected chi connectivity index (χ1v) is 5.45. The summed E-state index contributed by atoms with van der Waals surface area (Å²) in [7, 11) is 0. The van der Waals surface area contributed by atoms with Gasteiger partial charge in [0.1, 0.15) is 0 Å². The van der Waals surface area contributed by atoms with E-state index in [0.717, 1.165) is 0 Å². The molecule has 0 aromatic heterocycles. The number of rotatable bonds is 7. The highest BCUT2D eigenvalue weighted by Gasteiger charge is 2.92. The van der Waals surface area contributed by atoms with Gasteiger partial charge in [0.15, 0.2) is 0 Å². The summed E-state index contributed by atoms with van der Waals surface area (Å²) in [6, 6.07) is 0. The van der Waals surface area contributed by atoms with Gasteiger partial charge in [-0.25, -0.2) is 0 Å². The van der Waals surface area contributed by atoms with Crippen molar-refractivity contribution in [3.63, 3.8) is 0 Å². The van der Waals surface area contributed by atoms with Crippen LogP contribution in [0.4, 0.5) is 61.5 Å². The molecular weight excluding hydrogens is 406 g/mol. The number of hydrogen-bond donors (Lipinski definition) is 2. The van der Waals surface area contributed by atoms with Crippen molar-refractivity contribution in [2.75, 3.05) is 0 Å². The molecule has 16 heteroatoms. The lowest BCUT2D eigenvalue weighted by molar-refractivity contribution is -0.450. The molecule has 0 aromatic rings. The molecule has 2 nitrogen and oxygen atoms in total. The van der Waals surface area contributed by atoms with E-state index in [1.165, 1.54) is 0 Å². The van der Waals surface area contributed by atoms with Crippen LogP contribution in [0.25, 0.3) is 0 Å². The van der Waals surface area contributed by atoms with Crippen LogP contribution in [-0.4, -0.2) is 58.0 Å². The van der Waals surface area contributed by atoms with Gasteiger partial charge < -0.3 is 10.2 Å². The van der Waals surface area contributed by atoms with Crippen LogP contribution in [0.1, 0.15) is 6.92 Å². The second-order valence-corrected chi connectivity index (χ2v) is 4.76. The predicted octanol–water partition coefficient (Wildman–Crippen LogP) is 3.76. The Hall–Kier alpha value is -1.06. The van der Waals surface area contributed by atoms with E-state index in [4.69, 9.17) is 10.2 Å². The lowest BCUT2D eigenvalue weighted by Gasteiger charge is -2.42. The smallest absolute Gasteiger partial charge is 0.363 e. The molecule has 0 amide bonds. The summed E-state index contributed by atoms with van der Waals surface area (Å²) in [6.07, 6.45) is -4.83. The fourth-order valence-electron chi connectivity index (χ4n) is 1.24. The molecule has 0 fully saturated rings. The summed E-state index contributed by atoms with van der Waals surface area (Å²) >= 11 is 0. The SMILES string of the molecule is CC(F)(F)C(F)(F)C(F)(F)C(F)(F)C(F)(F)C(F)(F)C(F)(F)C(O)O. The number of aliphatic hydroxyl groups excluding tert-OH is 1. The Morgan fingerprint density at radius 3 is 0.960 bits per heavy atom. The van der Waals surface area contributed by atoms with E-state index in [-0.39, 0.29) is 0 Å². The van der Waals surface area contributed by atoms with Crippen molar-refractivity contribution in [2.24, 2.45) is 0 Å². The summed E-state index contributed by atoms with van der Waals surface area (Å²) in [6.45, 7) is -1.15. The maximum absolute atomic E-state index is 13.0. The molecule has 0 rings (SSSR count). The highest BCUT2D eigenvalue weighted by molar-refractivity contribution is 5.13. The van der Waals surface area contributed by atoms with Gasteiger partial charge in [-0.05, 0) is 0 Å². The maximum Gasteiger partial charge on any atom is 0.384 e. The fraction of sp³-hybridized carbons (Fsp3) is 1.00. The molecule has 25 heavy (non-hydrogen) atoms. The minimum absolute atomic E-state index is 1.15. The summed E-state index contributed by atoms with van der Waals surface area (Å²) in [5.41, 5.74) is 0. The molecule has 0 saturated heterocycles. The van der Waals surface area contributed by atoms with E-state index >= 15 is 0 Å². The monoisotopic (exact) mass is 412 g/mol. The predicted molar refractivity (Wildman–Crippen MR) is 48.5 cm³/mol. The van der Waals surface area contributed by atoms with E-state index in [2.05, 4.69) is 0 Å². The standard InChI is InChI=1S/C9H6F14O2/c1-3(10,11)5(14,15)7(18,19)9(22,23)8(20,21)6(16,17)4(12,13)2(24)25/h2,24-25H,1H3. The Labute approximate surface area is 128 Å². The fourth-order valence-corrected chi connectivity index (χ4v) is 1.24. The van der Waals surface area contributed by atoms with Crippen molar-refractivity contribution in [3.8, 4) is 0 Å². The van der Waals surface area contributed by atoms with Crippen LogP contribution >= 0.6 is 0 Å².